The molecule has 0 saturated carbocycles. The number of nitrogens with two attached hydrogens (primary N) is 1. The highest BCUT2D eigenvalue weighted by Crippen LogP contribution is 2.22. The fourth-order valence-corrected chi connectivity index (χ4v) is 2.70. The summed E-state index contributed by atoms with van der Waals surface area (Å²) < 4.78 is 0. The Kier molecular flexibility index (Phi) is 5.88. The highest BCUT2D eigenvalue weighted by atomic mass is 16.2. The van der Waals surface area contributed by atoms with Gasteiger partial charge in [-0.1, -0.05) is 13.3 Å². The first-order chi connectivity index (χ1) is 8.10. The van der Waals surface area contributed by atoms with Crippen molar-refractivity contribution in [3.63, 3.8) is 0 Å². The van der Waals surface area contributed by atoms with Gasteiger partial charge in [-0.3, -0.25) is 15.1 Å². The van der Waals surface area contributed by atoms with Gasteiger partial charge in [0.05, 0.1) is 6.04 Å². The van der Waals surface area contributed by atoms with Gasteiger partial charge in [0.1, 0.15) is 0 Å². The minimum atomic E-state index is -0.0579. The van der Waals surface area contributed by atoms with Crippen LogP contribution in [0.25, 0.3) is 0 Å². The summed E-state index contributed by atoms with van der Waals surface area (Å²) in [4.78, 5) is 16.3. The van der Waals surface area contributed by atoms with Crippen molar-refractivity contribution in [1.29, 1.82) is 0 Å². The number of rotatable bonds is 6. The molecule has 0 spiro atoms. The molecular formula is C12H26N4O. The molecule has 0 aromatic carbocycles. The number of carbonyl (C=O) groups is 1. The van der Waals surface area contributed by atoms with Gasteiger partial charge in [0.15, 0.2) is 0 Å². The minimum Gasteiger partial charge on any atom is -0.308 e. The zero-order valence-corrected chi connectivity index (χ0v) is 11.3. The number of hydrogen-bond donors (Lipinski definition) is 2. The van der Waals surface area contributed by atoms with E-state index in [1.54, 1.807) is 0 Å². The fourth-order valence-electron chi connectivity index (χ4n) is 2.70. The van der Waals surface area contributed by atoms with Crippen LogP contribution in [-0.2, 0) is 4.79 Å². The molecule has 2 unspecified atom stereocenters. The van der Waals surface area contributed by atoms with Crippen molar-refractivity contribution in [1.82, 2.24) is 15.2 Å². The molecule has 3 N–H and O–H groups in total. The van der Waals surface area contributed by atoms with Crippen LogP contribution in [0.5, 0.6) is 0 Å². The summed E-state index contributed by atoms with van der Waals surface area (Å²) in [6.07, 6.45) is 4.24. The van der Waals surface area contributed by atoms with Crippen molar-refractivity contribution >= 4 is 5.91 Å². The molecule has 5 nitrogen and oxygen atoms in total. The molecule has 1 aliphatic heterocycles. The van der Waals surface area contributed by atoms with Gasteiger partial charge in [-0.25, -0.2) is 5.84 Å². The van der Waals surface area contributed by atoms with E-state index in [2.05, 4.69) is 36.2 Å². The van der Waals surface area contributed by atoms with Gasteiger partial charge >= 0.3 is 0 Å². The van der Waals surface area contributed by atoms with Crippen molar-refractivity contribution in [2.24, 2.45) is 5.84 Å². The monoisotopic (exact) mass is 242 g/mol. The lowest BCUT2D eigenvalue weighted by molar-refractivity contribution is -0.127. The molecule has 1 heterocycles. The Bertz CT molecular complexity index is 245. The molecule has 1 fully saturated rings. The molecule has 2 atom stereocenters. The molecule has 1 aliphatic rings. The molecule has 5 heteroatoms. The summed E-state index contributed by atoms with van der Waals surface area (Å²) >= 11 is 0. The SMILES string of the molecule is CCCC(C(=O)NN)N1CCCC1CN(C)C. The molecule has 1 saturated heterocycles. The number of nitrogens with zero attached hydrogens (tertiary/aromatic N) is 2. The van der Waals surface area contributed by atoms with E-state index in [1.165, 1.54) is 12.8 Å². The Morgan fingerprint density at radius 3 is 2.82 bits per heavy atom. The van der Waals surface area contributed by atoms with E-state index in [0.717, 1.165) is 25.9 Å². The molecule has 0 radical (unpaired) electrons. The van der Waals surface area contributed by atoms with E-state index in [-0.39, 0.29) is 11.9 Å². The predicted octanol–water partition coefficient (Wildman–Crippen LogP) is 0.171. The standard InChI is InChI=1S/C12H26N4O/c1-4-6-11(12(17)14-13)16-8-5-7-10(16)9-15(2)3/h10-11H,4-9,13H2,1-3H3,(H,14,17). The number of carbonyl (C=O) groups excluding carboxylic acids is 1. The summed E-state index contributed by atoms with van der Waals surface area (Å²) in [6.45, 7) is 4.13. The third-order valence-corrected chi connectivity index (χ3v) is 3.41. The van der Waals surface area contributed by atoms with Crippen LogP contribution < -0.4 is 11.3 Å². The molecule has 100 valence electrons. The topological polar surface area (TPSA) is 61.6 Å². The second kappa shape index (κ2) is 6.93. The van der Waals surface area contributed by atoms with Crippen molar-refractivity contribution in [3.05, 3.63) is 0 Å². The highest BCUT2D eigenvalue weighted by Gasteiger charge is 2.33. The van der Waals surface area contributed by atoms with E-state index < -0.39 is 0 Å². The molecule has 0 aromatic heterocycles. The Labute approximate surface area is 104 Å². The summed E-state index contributed by atoms with van der Waals surface area (Å²) in [5.74, 6) is 5.24. The Morgan fingerprint density at radius 2 is 2.29 bits per heavy atom. The highest BCUT2D eigenvalue weighted by molar-refractivity contribution is 5.81. The van der Waals surface area contributed by atoms with Crippen molar-refractivity contribution in [2.45, 2.75) is 44.7 Å². The molecule has 0 aliphatic carbocycles. The number of hydrazine groups is 1. The maximum atomic E-state index is 11.8. The zero-order chi connectivity index (χ0) is 12.8. The number of likely N-dealkylation sites (tertiary alicyclic amines) is 1. The summed E-state index contributed by atoms with van der Waals surface area (Å²) in [5.41, 5.74) is 2.31. The largest absolute Gasteiger partial charge is 0.308 e. The van der Waals surface area contributed by atoms with Crippen LogP contribution in [0.4, 0.5) is 0 Å². The minimum absolute atomic E-state index is 0.0440. The van der Waals surface area contributed by atoms with Crippen LogP contribution in [0.3, 0.4) is 0 Å². The van der Waals surface area contributed by atoms with Crippen LogP contribution in [-0.4, -0.2) is 55.0 Å². The van der Waals surface area contributed by atoms with E-state index in [9.17, 15) is 4.79 Å². The molecule has 0 bridgehead atoms. The van der Waals surface area contributed by atoms with Crippen molar-refractivity contribution in [3.8, 4) is 0 Å². The average molecular weight is 242 g/mol. The van der Waals surface area contributed by atoms with Crippen LogP contribution in [0.1, 0.15) is 32.6 Å². The van der Waals surface area contributed by atoms with Gasteiger partial charge in [-0.2, -0.15) is 0 Å². The molecule has 1 amide bonds. The third kappa shape index (κ3) is 3.94. The fraction of sp³-hybridized carbons (Fsp3) is 0.917. The van der Waals surface area contributed by atoms with Crippen molar-refractivity contribution < 1.29 is 4.79 Å². The summed E-state index contributed by atoms with van der Waals surface area (Å²) in [5, 5.41) is 0. The van der Waals surface area contributed by atoms with Gasteiger partial charge in [0.2, 0.25) is 0 Å². The Hall–Kier alpha value is -0.650. The smallest absolute Gasteiger partial charge is 0.251 e. The lowest BCUT2D eigenvalue weighted by atomic mass is 10.1. The lowest BCUT2D eigenvalue weighted by Crippen LogP contribution is -2.52. The normalized spacial score (nSPS) is 23.0. The number of amides is 1. The van der Waals surface area contributed by atoms with E-state index >= 15 is 0 Å². The van der Waals surface area contributed by atoms with Gasteiger partial charge in [0, 0.05) is 12.6 Å². The summed E-state index contributed by atoms with van der Waals surface area (Å²) in [6, 6.07) is 0.427. The van der Waals surface area contributed by atoms with Crippen LogP contribution >= 0.6 is 0 Å². The number of nitrogens with one attached hydrogen (secondary N) is 1. The first-order valence-electron chi connectivity index (χ1n) is 6.51. The molecule has 0 aromatic rings. The van der Waals surface area contributed by atoms with E-state index in [1.807, 2.05) is 0 Å². The summed E-state index contributed by atoms with van der Waals surface area (Å²) in [7, 11) is 4.16. The van der Waals surface area contributed by atoms with Crippen LogP contribution in [0.2, 0.25) is 0 Å². The van der Waals surface area contributed by atoms with E-state index in [0.29, 0.717) is 6.04 Å². The maximum Gasteiger partial charge on any atom is 0.251 e. The second-order valence-electron chi connectivity index (χ2n) is 5.11. The van der Waals surface area contributed by atoms with Gasteiger partial charge < -0.3 is 4.90 Å². The Balaban J connectivity index is 2.67. The first-order valence-corrected chi connectivity index (χ1v) is 6.51. The van der Waals surface area contributed by atoms with Crippen molar-refractivity contribution in [2.75, 3.05) is 27.2 Å². The third-order valence-electron chi connectivity index (χ3n) is 3.41. The number of hydrogen-bond acceptors (Lipinski definition) is 4. The Morgan fingerprint density at radius 1 is 1.59 bits per heavy atom. The average Bonchev–Trinajstić information content (AvgIpc) is 2.72. The first kappa shape index (κ1) is 14.4. The quantitative estimate of drug-likeness (QED) is 0.396. The van der Waals surface area contributed by atoms with Gasteiger partial charge in [0.25, 0.3) is 5.91 Å². The predicted molar refractivity (Wildman–Crippen MR) is 69.3 cm³/mol. The van der Waals surface area contributed by atoms with E-state index in [4.69, 9.17) is 5.84 Å². The molecule has 1 rings (SSSR count). The van der Waals surface area contributed by atoms with Crippen LogP contribution in [0.15, 0.2) is 0 Å². The number of likely N-dealkylation sites (N-methyl/N-ethyl adjacent to an activating group) is 1. The maximum absolute atomic E-state index is 11.8. The van der Waals surface area contributed by atoms with Gasteiger partial charge in [-0.05, 0) is 39.9 Å². The molecule has 17 heavy (non-hydrogen) atoms. The second-order valence-corrected chi connectivity index (χ2v) is 5.11. The zero-order valence-electron chi connectivity index (χ0n) is 11.3. The lowest BCUT2D eigenvalue weighted by Gasteiger charge is -2.33. The van der Waals surface area contributed by atoms with Crippen LogP contribution in [0, 0.1) is 0 Å². The molecular weight excluding hydrogens is 216 g/mol. The van der Waals surface area contributed by atoms with Gasteiger partial charge in [-0.15, -0.1) is 0 Å².